The molecule has 2 aromatic rings. The lowest BCUT2D eigenvalue weighted by Crippen LogP contribution is -2.34. The fourth-order valence-electron chi connectivity index (χ4n) is 2.28. The highest BCUT2D eigenvalue weighted by Gasteiger charge is 2.21. The van der Waals surface area contributed by atoms with Crippen molar-refractivity contribution in [1.82, 2.24) is 5.01 Å². The van der Waals surface area contributed by atoms with Gasteiger partial charge in [0.25, 0.3) is 5.91 Å². The van der Waals surface area contributed by atoms with E-state index in [1.807, 2.05) is 0 Å². The van der Waals surface area contributed by atoms with E-state index in [2.05, 4.69) is 10.4 Å². The second kappa shape index (κ2) is 7.36. The van der Waals surface area contributed by atoms with Crippen LogP contribution < -0.4 is 10.1 Å². The van der Waals surface area contributed by atoms with Gasteiger partial charge in [0.2, 0.25) is 5.91 Å². The number of nitrogens with one attached hydrogen (secondary N) is 1. The molecule has 1 aliphatic heterocycles. The predicted octanol–water partition coefficient (Wildman–Crippen LogP) is 3.68. The molecule has 1 N–H and O–H groups in total. The van der Waals surface area contributed by atoms with E-state index < -0.39 is 0 Å². The van der Waals surface area contributed by atoms with Gasteiger partial charge in [-0.2, -0.15) is 5.10 Å². The van der Waals surface area contributed by atoms with Crippen LogP contribution in [-0.4, -0.2) is 29.6 Å². The maximum absolute atomic E-state index is 12.2. The number of benzene rings is 2. The standard InChI is InChI=1S/C18H16ClN3O3/c1-22-17(23)11-10-16(21-22)18(24)20-13-4-8-15(9-5-13)25-14-6-2-12(19)3-7-14/h2-9H,10-11H2,1H3,(H,20,24). The fraction of sp³-hybridized carbons (Fsp3) is 0.167. The zero-order valence-corrected chi connectivity index (χ0v) is 14.3. The minimum atomic E-state index is -0.314. The number of halogens is 1. The zero-order valence-electron chi connectivity index (χ0n) is 13.5. The molecule has 3 rings (SSSR count). The first-order valence-corrected chi connectivity index (χ1v) is 8.08. The molecule has 2 amide bonds. The Hall–Kier alpha value is -2.86. The van der Waals surface area contributed by atoms with Crippen molar-refractivity contribution in [1.29, 1.82) is 0 Å². The molecule has 2 aromatic carbocycles. The lowest BCUT2D eigenvalue weighted by molar-refractivity contribution is -0.130. The summed E-state index contributed by atoms with van der Waals surface area (Å²) in [6.45, 7) is 0. The van der Waals surface area contributed by atoms with E-state index in [1.54, 1.807) is 48.5 Å². The third-order valence-electron chi connectivity index (χ3n) is 3.63. The molecular weight excluding hydrogens is 342 g/mol. The molecule has 0 radical (unpaired) electrons. The van der Waals surface area contributed by atoms with E-state index >= 15 is 0 Å². The van der Waals surface area contributed by atoms with Gasteiger partial charge in [-0.25, -0.2) is 5.01 Å². The molecule has 6 nitrogen and oxygen atoms in total. The van der Waals surface area contributed by atoms with Gasteiger partial charge in [0, 0.05) is 30.6 Å². The number of amides is 2. The van der Waals surface area contributed by atoms with Gasteiger partial charge in [-0.3, -0.25) is 9.59 Å². The maximum Gasteiger partial charge on any atom is 0.271 e. The average Bonchev–Trinajstić information content (AvgIpc) is 2.61. The van der Waals surface area contributed by atoms with Gasteiger partial charge in [-0.1, -0.05) is 11.6 Å². The van der Waals surface area contributed by atoms with Crippen LogP contribution in [0.4, 0.5) is 5.69 Å². The summed E-state index contributed by atoms with van der Waals surface area (Å²) in [5, 5.41) is 8.60. The van der Waals surface area contributed by atoms with Crippen LogP contribution in [0.1, 0.15) is 12.8 Å². The van der Waals surface area contributed by atoms with Crippen LogP contribution in [0, 0.1) is 0 Å². The second-order valence-corrected chi connectivity index (χ2v) is 5.93. The summed E-state index contributed by atoms with van der Waals surface area (Å²) >= 11 is 5.84. The Morgan fingerprint density at radius 1 is 1.08 bits per heavy atom. The monoisotopic (exact) mass is 357 g/mol. The van der Waals surface area contributed by atoms with Crippen molar-refractivity contribution >= 4 is 34.8 Å². The first-order valence-electron chi connectivity index (χ1n) is 7.70. The molecule has 0 spiro atoms. The van der Waals surface area contributed by atoms with Gasteiger partial charge in [0.05, 0.1) is 0 Å². The lowest BCUT2D eigenvalue weighted by Gasteiger charge is -2.18. The quantitative estimate of drug-likeness (QED) is 0.907. The molecule has 1 heterocycles. The molecule has 0 aromatic heterocycles. The SMILES string of the molecule is CN1N=C(C(=O)Nc2ccc(Oc3ccc(Cl)cc3)cc2)CCC1=O. The number of carbonyl (C=O) groups excluding carboxylic acids is 2. The maximum atomic E-state index is 12.2. The minimum absolute atomic E-state index is 0.0970. The summed E-state index contributed by atoms with van der Waals surface area (Å²) in [5.41, 5.74) is 0.958. The number of carbonyl (C=O) groups is 2. The Bertz CT molecular complexity index is 816. The van der Waals surface area contributed by atoms with E-state index in [9.17, 15) is 9.59 Å². The van der Waals surface area contributed by atoms with Crippen molar-refractivity contribution in [2.24, 2.45) is 5.10 Å². The Labute approximate surface area is 150 Å². The lowest BCUT2D eigenvalue weighted by atomic mass is 10.1. The summed E-state index contributed by atoms with van der Waals surface area (Å²) in [4.78, 5) is 23.6. The van der Waals surface area contributed by atoms with Crippen LogP contribution in [0.5, 0.6) is 11.5 Å². The normalized spacial score (nSPS) is 14.1. The Balaban J connectivity index is 1.62. The van der Waals surface area contributed by atoms with Crippen molar-refractivity contribution in [3.8, 4) is 11.5 Å². The van der Waals surface area contributed by atoms with Gasteiger partial charge in [0.1, 0.15) is 17.2 Å². The third-order valence-corrected chi connectivity index (χ3v) is 3.88. The van der Waals surface area contributed by atoms with Crippen LogP contribution in [0.3, 0.4) is 0 Å². The van der Waals surface area contributed by atoms with Gasteiger partial charge in [-0.15, -0.1) is 0 Å². The van der Waals surface area contributed by atoms with Crippen LogP contribution in [-0.2, 0) is 9.59 Å². The molecule has 25 heavy (non-hydrogen) atoms. The van der Waals surface area contributed by atoms with Gasteiger partial charge in [-0.05, 0) is 48.5 Å². The molecule has 0 atom stereocenters. The summed E-state index contributed by atoms with van der Waals surface area (Å²) in [7, 11) is 1.54. The molecular formula is C18H16ClN3O3. The van der Waals surface area contributed by atoms with Gasteiger partial charge < -0.3 is 10.1 Å². The van der Waals surface area contributed by atoms with Crippen LogP contribution in [0.15, 0.2) is 53.6 Å². The van der Waals surface area contributed by atoms with Crippen molar-refractivity contribution < 1.29 is 14.3 Å². The topological polar surface area (TPSA) is 71.0 Å². The van der Waals surface area contributed by atoms with Crippen LogP contribution in [0.25, 0.3) is 0 Å². The highest BCUT2D eigenvalue weighted by Crippen LogP contribution is 2.24. The average molecular weight is 358 g/mol. The minimum Gasteiger partial charge on any atom is -0.457 e. The van der Waals surface area contributed by atoms with E-state index in [4.69, 9.17) is 16.3 Å². The second-order valence-electron chi connectivity index (χ2n) is 5.50. The van der Waals surface area contributed by atoms with Crippen molar-refractivity contribution in [3.05, 3.63) is 53.6 Å². The van der Waals surface area contributed by atoms with E-state index in [0.717, 1.165) is 0 Å². The highest BCUT2D eigenvalue weighted by molar-refractivity contribution is 6.43. The summed E-state index contributed by atoms with van der Waals surface area (Å²) in [6.07, 6.45) is 0.628. The number of nitrogens with zero attached hydrogens (tertiary/aromatic N) is 2. The smallest absolute Gasteiger partial charge is 0.271 e. The number of hydrogen-bond acceptors (Lipinski definition) is 4. The molecule has 0 saturated heterocycles. The summed E-state index contributed by atoms with van der Waals surface area (Å²) in [5.74, 6) is 0.900. The first kappa shape index (κ1) is 17.0. The molecule has 0 fully saturated rings. The Kier molecular flexibility index (Phi) is 5.00. The largest absolute Gasteiger partial charge is 0.457 e. The van der Waals surface area contributed by atoms with Crippen LogP contribution >= 0.6 is 11.6 Å². The van der Waals surface area contributed by atoms with E-state index in [0.29, 0.717) is 34.3 Å². The summed E-state index contributed by atoms with van der Waals surface area (Å²) < 4.78 is 5.70. The van der Waals surface area contributed by atoms with E-state index in [1.165, 1.54) is 12.1 Å². The van der Waals surface area contributed by atoms with Crippen molar-refractivity contribution in [2.45, 2.75) is 12.8 Å². The van der Waals surface area contributed by atoms with Gasteiger partial charge >= 0.3 is 0 Å². The number of hydrogen-bond donors (Lipinski definition) is 1. The first-order chi connectivity index (χ1) is 12.0. The molecule has 0 saturated carbocycles. The zero-order chi connectivity index (χ0) is 17.8. The fourth-order valence-corrected chi connectivity index (χ4v) is 2.41. The molecule has 0 aliphatic carbocycles. The van der Waals surface area contributed by atoms with Crippen molar-refractivity contribution in [3.63, 3.8) is 0 Å². The highest BCUT2D eigenvalue weighted by atomic mass is 35.5. The summed E-state index contributed by atoms with van der Waals surface area (Å²) in [6, 6.07) is 14.0. The molecule has 7 heteroatoms. The molecule has 0 unspecified atom stereocenters. The number of rotatable bonds is 4. The Morgan fingerprint density at radius 3 is 2.28 bits per heavy atom. The predicted molar refractivity (Wildman–Crippen MR) is 96.0 cm³/mol. The molecule has 128 valence electrons. The van der Waals surface area contributed by atoms with Crippen LogP contribution in [0.2, 0.25) is 5.02 Å². The van der Waals surface area contributed by atoms with Gasteiger partial charge in [0.15, 0.2) is 0 Å². The Morgan fingerprint density at radius 2 is 1.68 bits per heavy atom. The number of hydrazone groups is 1. The van der Waals surface area contributed by atoms with E-state index in [-0.39, 0.29) is 18.2 Å². The van der Waals surface area contributed by atoms with Crippen molar-refractivity contribution in [2.75, 3.05) is 12.4 Å². The number of ether oxygens (including phenoxy) is 1. The number of anilines is 1. The molecule has 1 aliphatic rings. The third kappa shape index (κ3) is 4.36. The molecule has 0 bridgehead atoms.